The van der Waals surface area contributed by atoms with Crippen molar-refractivity contribution in [2.45, 2.75) is 39.5 Å². The van der Waals surface area contributed by atoms with Crippen LogP contribution in [0, 0.1) is 11.8 Å². The van der Waals surface area contributed by atoms with E-state index in [0.29, 0.717) is 6.54 Å². The molecule has 1 fully saturated rings. The Morgan fingerprint density at radius 3 is 2.75 bits per heavy atom. The van der Waals surface area contributed by atoms with E-state index in [-0.39, 0.29) is 0 Å². The molecule has 1 aromatic rings. The monoisotopic (exact) mass is 338 g/mol. The Morgan fingerprint density at radius 1 is 1.30 bits per heavy atom. The molecule has 1 saturated heterocycles. The minimum atomic E-state index is 0.706. The molecule has 0 bridgehead atoms. The van der Waals surface area contributed by atoms with Crippen LogP contribution in [0.1, 0.15) is 38.7 Å². The van der Waals surface area contributed by atoms with Gasteiger partial charge in [0.15, 0.2) is 0 Å². The van der Waals surface area contributed by atoms with Crippen LogP contribution < -0.4 is 10.6 Å². The molecule has 2 N–H and O–H groups in total. The zero-order chi connectivity index (χ0) is 14.5. The van der Waals surface area contributed by atoms with E-state index in [9.17, 15) is 0 Å². The maximum atomic E-state index is 5.64. The van der Waals surface area contributed by atoms with E-state index >= 15 is 0 Å². The van der Waals surface area contributed by atoms with Crippen LogP contribution in [0.3, 0.4) is 0 Å². The molecular formula is C17H27BrN2. The maximum Gasteiger partial charge on any atom is 0.0377 e. The second-order valence-electron chi connectivity index (χ2n) is 6.24. The Hall–Kier alpha value is -0.540. The quantitative estimate of drug-likeness (QED) is 0.890. The summed E-state index contributed by atoms with van der Waals surface area (Å²) < 4.78 is 1.20. The maximum absolute atomic E-state index is 5.64. The van der Waals surface area contributed by atoms with Crippen molar-refractivity contribution in [2.24, 2.45) is 17.6 Å². The molecule has 1 aliphatic rings. The molecule has 0 aliphatic carbocycles. The lowest BCUT2D eigenvalue weighted by molar-refractivity contribution is 0.351. The fraction of sp³-hybridized carbons (Fsp3) is 0.647. The van der Waals surface area contributed by atoms with E-state index in [0.717, 1.165) is 18.3 Å². The molecule has 1 unspecified atom stereocenters. The summed E-state index contributed by atoms with van der Waals surface area (Å²) in [5.74, 6) is 1.70. The topological polar surface area (TPSA) is 29.3 Å². The van der Waals surface area contributed by atoms with Gasteiger partial charge in [0.25, 0.3) is 0 Å². The predicted octanol–water partition coefficient (Wildman–Crippen LogP) is 4.21. The number of hydrogen-bond donors (Lipinski definition) is 1. The van der Waals surface area contributed by atoms with E-state index in [1.165, 1.54) is 48.1 Å². The van der Waals surface area contributed by atoms with Gasteiger partial charge in [0.1, 0.15) is 0 Å². The second-order valence-corrected chi connectivity index (χ2v) is 7.09. The van der Waals surface area contributed by atoms with Crippen LogP contribution in [0.25, 0.3) is 0 Å². The van der Waals surface area contributed by atoms with Crippen LogP contribution in [0.15, 0.2) is 22.7 Å². The van der Waals surface area contributed by atoms with Crippen LogP contribution >= 0.6 is 15.9 Å². The molecule has 2 nitrogen and oxygen atoms in total. The third-order valence-corrected chi connectivity index (χ3v) is 5.27. The molecule has 20 heavy (non-hydrogen) atoms. The number of rotatable bonds is 4. The van der Waals surface area contributed by atoms with Gasteiger partial charge >= 0.3 is 0 Å². The third kappa shape index (κ3) is 3.98. The molecule has 1 heterocycles. The fourth-order valence-corrected chi connectivity index (χ4v) is 3.70. The molecule has 1 aliphatic heterocycles. The SMILES string of the molecule is CC(C)C1CCCN(c2ccc(CCN)c(Br)c2)CC1. The summed E-state index contributed by atoms with van der Waals surface area (Å²) in [6.45, 7) is 7.80. The van der Waals surface area contributed by atoms with Crippen LogP contribution in [-0.2, 0) is 6.42 Å². The van der Waals surface area contributed by atoms with Gasteiger partial charge in [-0.25, -0.2) is 0 Å². The molecule has 0 amide bonds. The third-order valence-electron chi connectivity index (χ3n) is 4.53. The highest BCUT2D eigenvalue weighted by atomic mass is 79.9. The minimum absolute atomic E-state index is 0.706. The molecule has 1 aromatic carbocycles. The zero-order valence-corrected chi connectivity index (χ0v) is 14.3. The Bertz CT molecular complexity index is 431. The highest BCUT2D eigenvalue weighted by Gasteiger charge is 2.19. The van der Waals surface area contributed by atoms with E-state index in [4.69, 9.17) is 5.73 Å². The Labute approximate surface area is 131 Å². The second kappa shape index (κ2) is 7.46. The van der Waals surface area contributed by atoms with Crippen molar-refractivity contribution in [3.05, 3.63) is 28.2 Å². The summed E-state index contributed by atoms with van der Waals surface area (Å²) in [5.41, 5.74) is 8.30. The molecule has 0 saturated carbocycles. The summed E-state index contributed by atoms with van der Waals surface area (Å²) in [4.78, 5) is 2.54. The van der Waals surface area contributed by atoms with Gasteiger partial charge in [-0.2, -0.15) is 0 Å². The molecule has 1 atom stereocenters. The van der Waals surface area contributed by atoms with E-state index in [1.807, 2.05) is 0 Å². The highest BCUT2D eigenvalue weighted by Crippen LogP contribution is 2.29. The predicted molar refractivity (Wildman–Crippen MR) is 91.3 cm³/mol. The van der Waals surface area contributed by atoms with Crippen molar-refractivity contribution in [3.8, 4) is 0 Å². The summed E-state index contributed by atoms with van der Waals surface area (Å²) in [7, 11) is 0. The molecule has 0 aromatic heterocycles. The number of nitrogens with two attached hydrogens (primary N) is 1. The lowest BCUT2D eigenvalue weighted by Crippen LogP contribution is -2.24. The van der Waals surface area contributed by atoms with Gasteiger partial charge in [0.2, 0.25) is 0 Å². The summed E-state index contributed by atoms with van der Waals surface area (Å²) in [6.07, 6.45) is 4.95. The fourth-order valence-electron chi connectivity index (χ4n) is 3.14. The number of anilines is 1. The van der Waals surface area contributed by atoms with Crippen molar-refractivity contribution in [1.82, 2.24) is 0 Å². The van der Waals surface area contributed by atoms with Crippen LogP contribution in [0.5, 0.6) is 0 Å². The Balaban J connectivity index is 2.06. The standard InChI is InChI=1S/C17H27BrN2/c1-13(2)14-4-3-10-20(11-8-14)16-6-5-15(7-9-19)17(18)12-16/h5-6,12-14H,3-4,7-11,19H2,1-2H3. The van der Waals surface area contributed by atoms with Crippen molar-refractivity contribution in [3.63, 3.8) is 0 Å². The Kier molecular flexibility index (Phi) is 5.91. The van der Waals surface area contributed by atoms with E-state index in [2.05, 4.69) is 52.9 Å². The molecule has 112 valence electrons. The van der Waals surface area contributed by atoms with Gasteiger partial charge in [0.05, 0.1) is 0 Å². The van der Waals surface area contributed by atoms with Crippen LogP contribution in [0.4, 0.5) is 5.69 Å². The van der Waals surface area contributed by atoms with Crippen LogP contribution in [-0.4, -0.2) is 19.6 Å². The number of halogens is 1. The average molecular weight is 339 g/mol. The molecule has 0 radical (unpaired) electrons. The smallest absolute Gasteiger partial charge is 0.0377 e. The zero-order valence-electron chi connectivity index (χ0n) is 12.7. The van der Waals surface area contributed by atoms with Crippen molar-refractivity contribution < 1.29 is 0 Å². The summed E-state index contributed by atoms with van der Waals surface area (Å²) in [6, 6.07) is 6.74. The largest absolute Gasteiger partial charge is 0.371 e. The Morgan fingerprint density at radius 2 is 2.10 bits per heavy atom. The van der Waals surface area contributed by atoms with Gasteiger partial charge < -0.3 is 10.6 Å². The first kappa shape index (κ1) is 15.8. The highest BCUT2D eigenvalue weighted by molar-refractivity contribution is 9.10. The van der Waals surface area contributed by atoms with E-state index in [1.54, 1.807) is 0 Å². The normalized spacial score (nSPS) is 20.2. The molecular weight excluding hydrogens is 312 g/mol. The number of benzene rings is 1. The van der Waals surface area contributed by atoms with Gasteiger partial charge in [-0.05, 0) is 61.8 Å². The average Bonchev–Trinajstić information content (AvgIpc) is 2.67. The van der Waals surface area contributed by atoms with Crippen molar-refractivity contribution in [2.75, 3.05) is 24.5 Å². The lowest BCUT2D eigenvalue weighted by atomic mass is 9.89. The number of nitrogens with zero attached hydrogens (tertiary/aromatic N) is 1. The van der Waals surface area contributed by atoms with Gasteiger partial charge in [-0.15, -0.1) is 0 Å². The van der Waals surface area contributed by atoms with Crippen molar-refractivity contribution in [1.29, 1.82) is 0 Å². The molecule has 0 spiro atoms. The van der Waals surface area contributed by atoms with Gasteiger partial charge in [-0.3, -0.25) is 0 Å². The number of hydrogen-bond acceptors (Lipinski definition) is 2. The molecule has 3 heteroatoms. The van der Waals surface area contributed by atoms with Gasteiger partial charge in [0, 0.05) is 23.2 Å². The molecule has 2 rings (SSSR count). The summed E-state index contributed by atoms with van der Waals surface area (Å²) >= 11 is 3.69. The first-order valence-electron chi connectivity index (χ1n) is 7.85. The van der Waals surface area contributed by atoms with Gasteiger partial charge in [-0.1, -0.05) is 35.8 Å². The van der Waals surface area contributed by atoms with E-state index < -0.39 is 0 Å². The first-order valence-corrected chi connectivity index (χ1v) is 8.64. The van der Waals surface area contributed by atoms with Crippen molar-refractivity contribution >= 4 is 21.6 Å². The lowest BCUT2D eigenvalue weighted by Gasteiger charge is -2.24. The summed E-state index contributed by atoms with van der Waals surface area (Å²) in [5, 5.41) is 0. The first-order chi connectivity index (χ1) is 9.61. The van der Waals surface area contributed by atoms with Crippen LogP contribution in [0.2, 0.25) is 0 Å². The minimum Gasteiger partial charge on any atom is -0.371 e.